The first-order valence-electron chi connectivity index (χ1n) is 6.93. The molecule has 0 spiro atoms. The molecular formula is C14H20BrNO3S. The molecule has 0 heterocycles. The predicted molar refractivity (Wildman–Crippen MR) is 81.9 cm³/mol. The van der Waals surface area contributed by atoms with E-state index in [1.54, 1.807) is 24.3 Å². The van der Waals surface area contributed by atoms with Gasteiger partial charge in [-0.1, -0.05) is 31.4 Å². The van der Waals surface area contributed by atoms with Crippen molar-refractivity contribution in [2.75, 3.05) is 6.54 Å². The zero-order valence-corrected chi connectivity index (χ0v) is 13.7. The van der Waals surface area contributed by atoms with Gasteiger partial charge >= 0.3 is 0 Å². The molecule has 0 unspecified atom stereocenters. The Hall–Kier alpha value is -0.430. The number of sulfonamides is 1. The average molecular weight is 362 g/mol. The molecule has 1 atom stereocenters. The Morgan fingerprint density at radius 3 is 2.55 bits per heavy atom. The Kier molecular flexibility index (Phi) is 5.60. The normalized spacial score (nSPS) is 18.9. The molecule has 1 aliphatic carbocycles. The number of benzene rings is 1. The van der Waals surface area contributed by atoms with E-state index in [2.05, 4.69) is 20.7 Å². The van der Waals surface area contributed by atoms with Gasteiger partial charge in [0.1, 0.15) is 0 Å². The van der Waals surface area contributed by atoms with Crippen molar-refractivity contribution in [1.29, 1.82) is 0 Å². The van der Waals surface area contributed by atoms with Crippen LogP contribution >= 0.6 is 15.9 Å². The highest BCUT2D eigenvalue weighted by Crippen LogP contribution is 2.26. The third kappa shape index (κ3) is 4.04. The Bertz CT molecular complexity index is 541. The van der Waals surface area contributed by atoms with Crippen LogP contribution in [0.2, 0.25) is 0 Å². The smallest absolute Gasteiger partial charge is 0.241 e. The third-order valence-corrected chi connectivity index (χ3v) is 6.24. The number of aliphatic hydroxyl groups is 1. The fourth-order valence-electron chi connectivity index (χ4n) is 2.62. The molecular weight excluding hydrogens is 342 g/mol. The Balaban J connectivity index is 1.97. The Morgan fingerprint density at radius 2 is 1.90 bits per heavy atom. The van der Waals surface area contributed by atoms with E-state index in [1.807, 2.05) is 0 Å². The maximum absolute atomic E-state index is 12.2. The van der Waals surface area contributed by atoms with Crippen molar-refractivity contribution in [1.82, 2.24) is 4.72 Å². The first-order chi connectivity index (χ1) is 9.50. The fraction of sp³-hybridized carbons (Fsp3) is 0.571. The van der Waals surface area contributed by atoms with Crippen molar-refractivity contribution in [3.63, 3.8) is 0 Å². The number of halogens is 1. The Morgan fingerprint density at radius 1 is 1.25 bits per heavy atom. The molecule has 1 fully saturated rings. The van der Waals surface area contributed by atoms with Crippen molar-refractivity contribution in [3.8, 4) is 0 Å². The molecule has 0 saturated heterocycles. The zero-order valence-electron chi connectivity index (χ0n) is 11.3. The van der Waals surface area contributed by atoms with Gasteiger partial charge in [-0.25, -0.2) is 13.1 Å². The van der Waals surface area contributed by atoms with Gasteiger partial charge in [0.05, 0.1) is 11.0 Å². The summed E-state index contributed by atoms with van der Waals surface area (Å²) in [7, 11) is -3.58. The fourth-order valence-corrected chi connectivity index (χ4v) is 4.67. The van der Waals surface area contributed by atoms with Crippen molar-refractivity contribution < 1.29 is 13.5 Å². The minimum Gasteiger partial charge on any atom is -0.391 e. The highest BCUT2D eigenvalue weighted by molar-refractivity contribution is 9.10. The lowest BCUT2D eigenvalue weighted by Crippen LogP contribution is -2.37. The van der Waals surface area contributed by atoms with Crippen molar-refractivity contribution in [2.45, 2.75) is 43.1 Å². The second-order valence-corrected chi connectivity index (χ2v) is 7.84. The molecule has 0 amide bonds. The van der Waals surface area contributed by atoms with Crippen LogP contribution < -0.4 is 4.72 Å². The molecule has 0 aliphatic heterocycles. The molecule has 6 heteroatoms. The van der Waals surface area contributed by atoms with Gasteiger partial charge in [0.25, 0.3) is 0 Å². The number of rotatable bonds is 5. The van der Waals surface area contributed by atoms with Gasteiger partial charge < -0.3 is 5.11 Å². The predicted octanol–water partition coefficient (Wildman–Crippen LogP) is 2.67. The summed E-state index contributed by atoms with van der Waals surface area (Å²) >= 11 is 3.23. The first kappa shape index (κ1) is 15.9. The molecule has 1 aliphatic rings. The van der Waals surface area contributed by atoms with Crippen molar-refractivity contribution in [3.05, 3.63) is 28.7 Å². The van der Waals surface area contributed by atoms with Crippen LogP contribution in [0.1, 0.15) is 32.1 Å². The lowest BCUT2D eigenvalue weighted by Gasteiger charge is -2.26. The Labute approximate surface area is 128 Å². The van der Waals surface area contributed by atoms with E-state index >= 15 is 0 Å². The van der Waals surface area contributed by atoms with Gasteiger partial charge in [0.2, 0.25) is 10.0 Å². The summed E-state index contributed by atoms with van der Waals surface area (Å²) in [6, 6.07) is 6.67. The quantitative estimate of drug-likeness (QED) is 0.846. The molecule has 112 valence electrons. The average Bonchev–Trinajstić information content (AvgIpc) is 2.46. The van der Waals surface area contributed by atoms with Crippen molar-refractivity contribution in [2.24, 2.45) is 5.92 Å². The highest BCUT2D eigenvalue weighted by Gasteiger charge is 2.24. The van der Waals surface area contributed by atoms with Gasteiger partial charge in [-0.2, -0.15) is 0 Å². The maximum atomic E-state index is 12.2. The first-order valence-corrected chi connectivity index (χ1v) is 9.20. The van der Waals surface area contributed by atoms with E-state index in [-0.39, 0.29) is 17.4 Å². The molecule has 1 aromatic rings. The van der Waals surface area contributed by atoms with E-state index < -0.39 is 16.1 Å². The summed E-state index contributed by atoms with van der Waals surface area (Å²) < 4.78 is 27.4. The van der Waals surface area contributed by atoms with Crippen molar-refractivity contribution >= 4 is 26.0 Å². The molecule has 2 N–H and O–H groups in total. The molecule has 2 rings (SSSR count). The second kappa shape index (κ2) is 7.02. The molecule has 0 radical (unpaired) electrons. The van der Waals surface area contributed by atoms with E-state index in [9.17, 15) is 13.5 Å². The van der Waals surface area contributed by atoms with Crippen LogP contribution in [-0.2, 0) is 10.0 Å². The molecule has 4 nitrogen and oxygen atoms in total. The highest BCUT2D eigenvalue weighted by atomic mass is 79.9. The van der Waals surface area contributed by atoms with Crippen LogP contribution in [0, 0.1) is 5.92 Å². The van der Waals surface area contributed by atoms with E-state index in [4.69, 9.17) is 0 Å². The molecule has 0 bridgehead atoms. The van der Waals surface area contributed by atoms with E-state index in [1.165, 1.54) is 6.42 Å². The largest absolute Gasteiger partial charge is 0.391 e. The zero-order chi connectivity index (χ0) is 14.6. The van der Waals surface area contributed by atoms with Gasteiger partial charge in [0.15, 0.2) is 0 Å². The molecule has 1 saturated carbocycles. The van der Waals surface area contributed by atoms with Crippen LogP contribution in [0.4, 0.5) is 0 Å². The second-order valence-electron chi connectivity index (χ2n) is 5.25. The minimum absolute atomic E-state index is 0.0777. The monoisotopic (exact) mass is 361 g/mol. The lowest BCUT2D eigenvalue weighted by molar-refractivity contribution is 0.0888. The van der Waals surface area contributed by atoms with Gasteiger partial charge in [-0.05, 0) is 46.8 Å². The topological polar surface area (TPSA) is 66.4 Å². The lowest BCUT2D eigenvalue weighted by atomic mass is 9.85. The summed E-state index contributed by atoms with van der Waals surface area (Å²) in [6.45, 7) is 0.0777. The molecule has 0 aromatic heterocycles. The molecule has 1 aromatic carbocycles. The number of nitrogens with one attached hydrogen (secondary N) is 1. The summed E-state index contributed by atoms with van der Waals surface area (Å²) in [5, 5.41) is 10.1. The number of hydrogen-bond donors (Lipinski definition) is 2. The van der Waals surface area contributed by atoms with E-state index in [0.29, 0.717) is 4.47 Å². The van der Waals surface area contributed by atoms with E-state index in [0.717, 1.165) is 25.7 Å². The number of aliphatic hydroxyl groups excluding tert-OH is 1. The SMILES string of the molecule is O=S(=O)(NC[C@H](O)C1CCCCC1)c1ccccc1Br. The summed E-state index contributed by atoms with van der Waals surface area (Å²) in [4.78, 5) is 0.204. The van der Waals surface area contributed by atoms with Gasteiger partial charge in [-0.15, -0.1) is 0 Å². The van der Waals surface area contributed by atoms with Crippen LogP contribution in [0.15, 0.2) is 33.6 Å². The summed E-state index contributed by atoms with van der Waals surface area (Å²) in [5.41, 5.74) is 0. The van der Waals surface area contributed by atoms with Gasteiger partial charge in [-0.3, -0.25) is 0 Å². The summed E-state index contributed by atoms with van der Waals surface area (Å²) in [5.74, 6) is 0.214. The maximum Gasteiger partial charge on any atom is 0.241 e. The standard InChI is InChI=1S/C14H20BrNO3S/c15-12-8-4-5-9-14(12)20(18,19)16-10-13(17)11-6-2-1-3-7-11/h4-5,8-9,11,13,16-17H,1-3,6-7,10H2/t13-/m0/s1. The van der Waals surface area contributed by atoms with Gasteiger partial charge in [0, 0.05) is 11.0 Å². The van der Waals surface area contributed by atoms with Crippen LogP contribution in [0.3, 0.4) is 0 Å². The minimum atomic E-state index is -3.58. The summed E-state index contributed by atoms with van der Waals surface area (Å²) in [6.07, 6.45) is 4.83. The number of hydrogen-bond acceptors (Lipinski definition) is 3. The van der Waals surface area contributed by atoms with Crippen LogP contribution in [-0.4, -0.2) is 26.2 Å². The third-order valence-electron chi connectivity index (χ3n) is 3.80. The van der Waals surface area contributed by atoms with Crippen LogP contribution in [0.25, 0.3) is 0 Å². The van der Waals surface area contributed by atoms with Crippen LogP contribution in [0.5, 0.6) is 0 Å². The molecule has 20 heavy (non-hydrogen) atoms.